The topological polar surface area (TPSA) is 54.4 Å². The number of hydrogen-bond acceptors (Lipinski definition) is 3. The van der Waals surface area contributed by atoms with E-state index in [0.717, 1.165) is 50.4 Å². The van der Waals surface area contributed by atoms with Gasteiger partial charge in [-0.25, -0.2) is 0 Å². The highest BCUT2D eigenvalue weighted by molar-refractivity contribution is 5.98. The maximum atomic E-state index is 13.6. The second-order valence-corrected chi connectivity index (χ2v) is 8.87. The molecule has 6 saturated carbocycles. The third-order valence-electron chi connectivity index (χ3n) is 8.52. The number of aliphatic hydroxyl groups excluding tert-OH is 1. The summed E-state index contributed by atoms with van der Waals surface area (Å²) < 4.78 is 0. The molecule has 0 aliphatic heterocycles. The van der Waals surface area contributed by atoms with Gasteiger partial charge in [-0.2, -0.15) is 0 Å². The molecule has 0 aromatic heterocycles. The van der Waals surface area contributed by atoms with Crippen molar-refractivity contribution in [2.45, 2.75) is 51.6 Å². The van der Waals surface area contributed by atoms with Crippen molar-refractivity contribution in [1.29, 1.82) is 0 Å². The smallest absolute Gasteiger partial charge is 0.147 e. The molecule has 7 aliphatic rings. The summed E-state index contributed by atoms with van der Waals surface area (Å²) in [5.74, 6) is 0.733. The van der Waals surface area contributed by atoms with Crippen LogP contribution in [0.15, 0.2) is 23.8 Å². The van der Waals surface area contributed by atoms with Crippen LogP contribution in [0.2, 0.25) is 0 Å². The van der Waals surface area contributed by atoms with E-state index in [1.807, 2.05) is 6.92 Å². The van der Waals surface area contributed by atoms with Crippen LogP contribution >= 0.6 is 0 Å². The molecule has 0 heterocycles. The fourth-order valence-electron chi connectivity index (χ4n) is 7.37. The third-order valence-corrected chi connectivity index (χ3v) is 8.52. The summed E-state index contributed by atoms with van der Waals surface area (Å²) in [5, 5.41) is 11.0. The molecule has 0 aromatic rings. The Morgan fingerprint density at radius 3 is 2.74 bits per heavy atom. The first-order chi connectivity index (χ1) is 10.9. The summed E-state index contributed by atoms with van der Waals surface area (Å²) in [5.41, 5.74) is 0.701. The molecule has 7 rings (SSSR count). The Bertz CT molecular complexity index is 691. The van der Waals surface area contributed by atoms with Crippen LogP contribution in [0.25, 0.3) is 0 Å². The number of carbonyl (C=O) groups is 2. The predicted molar refractivity (Wildman–Crippen MR) is 85.4 cm³/mol. The first kappa shape index (κ1) is 14.2. The SMILES string of the molecule is C=C1C2CC3C(=O)C45CCC3(C1O)C(C2)C4=CCC[C@@]5(C)C=O. The van der Waals surface area contributed by atoms with E-state index in [2.05, 4.69) is 12.7 Å². The molecule has 7 aliphatic carbocycles. The number of Topliss-reactive ketones (excluding diaryl/α,β-unsaturated/α-hetero) is 1. The van der Waals surface area contributed by atoms with Crippen molar-refractivity contribution in [2.75, 3.05) is 0 Å². The van der Waals surface area contributed by atoms with E-state index in [9.17, 15) is 14.7 Å². The molecule has 0 saturated heterocycles. The van der Waals surface area contributed by atoms with Crippen LogP contribution in [0.5, 0.6) is 0 Å². The van der Waals surface area contributed by atoms with Crippen LogP contribution in [0, 0.1) is 34.0 Å². The Kier molecular flexibility index (Phi) is 2.39. The number of fused-ring (bicyclic) bond motifs is 2. The quantitative estimate of drug-likeness (QED) is 0.598. The molecule has 122 valence electrons. The lowest BCUT2D eigenvalue weighted by Gasteiger charge is -2.73. The van der Waals surface area contributed by atoms with E-state index in [1.54, 1.807) is 0 Å². The molecule has 0 aromatic carbocycles. The van der Waals surface area contributed by atoms with Crippen molar-refractivity contribution in [3.63, 3.8) is 0 Å². The van der Waals surface area contributed by atoms with Gasteiger partial charge < -0.3 is 9.90 Å². The Labute approximate surface area is 136 Å². The van der Waals surface area contributed by atoms with Crippen molar-refractivity contribution in [2.24, 2.45) is 34.0 Å². The van der Waals surface area contributed by atoms with E-state index < -0.39 is 16.9 Å². The molecular weight excluding hydrogens is 288 g/mol. The molecule has 7 atom stereocenters. The van der Waals surface area contributed by atoms with Crippen LogP contribution in [0.4, 0.5) is 0 Å². The van der Waals surface area contributed by atoms with Gasteiger partial charge in [-0.1, -0.05) is 25.2 Å². The minimum Gasteiger partial charge on any atom is -0.388 e. The number of carbonyl (C=O) groups excluding carboxylic acids is 2. The summed E-state index contributed by atoms with van der Waals surface area (Å²) in [6.45, 7) is 6.15. The minimum atomic E-state index is -0.576. The second-order valence-electron chi connectivity index (χ2n) is 8.87. The van der Waals surface area contributed by atoms with Gasteiger partial charge in [0.2, 0.25) is 0 Å². The molecule has 2 spiro atoms. The first-order valence-corrected chi connectivity index (χ1v) is 9.00. The van der Waals surface area contributed by atoms with E-state index in [0.29, 0.717) is 0 Å². The Hall–Kier alpha value is -1.22. The molecule has 3 heteroatoms. The largest absolute Gasteiger partial charge is 0.388 e. The Morgan fingerprint density at radius 1 is 1.26 bits per heavy atom. The van der Waals surface area contributed by atoms with Gasteiger partial charge in [0.25, 0.3) is 0 Å². The van der Waals surface area contributed by atoms with Gasteiger partial charge in [0, 0.05) is 16.7 Å². The van der Waals surface area contributed by atoms with Crippen molar-refractivity contribution in [1.82, 2.24) is 0 Å². The normalized spacial score (nSPS) is 56.3. The van der Waals surface area contributed by atoms with Gasteiger partial charge in [0.15, 0.2) is 0 Å². The number of aliphatic hydroxyl groups is 1. The average molecular weight is 312 g/mol. The fourth-order valence-corrected chi connectivity index (χ4v) is 7.37. The standard InChI is InChI=1S/C20H24O3/c1-11-12-8-14-13-4-3-5-18(2,10-21)20(13)7-6-19(14,16(11)22)15(9-12)17(20)23/h4,10,12,14-16,22H,1,3,5-9H2,2H3/t12?,14?,15?,16?,18-,19?,20?/m0/s1. The van der Waals surface area contributed by atoms with Gasteiger partial charge in [-0.05, 0) is 55.9 Å². The van der Waals surface area contributed by atoms with Gasteiger partial charge in [-0.3, -0.25) is 4.79 Å². The minimum absolute atomic E-state index is 0.0741. The number of hydrogen-bond donors (Lipinski definition) is 1. The third kappa shape index (κ3) is 1.18. The van der Waals surface area contributed by atoms with Crippen LogP contribution in [0.3, 0.4) is 0 Å². The molecular formula is C20H24O3. The highest BCUT2D eigenvalue weighted by Crippen LogP contribution is 2.77. The van der Waals surface area contributed by atoms with E-state index in [1.165, 1.54) is 5.57 Å². The van der Waals surface area contributed by atoms with E-state index >= 15 is 0 Å². The van der Waals surface area contributed by atoms with Crippen molar-refractivity contribution >= 4 is 12.1 Å². The summed E-state index contributed by atoms with van der Waals surface area (Å²) in [6, 6.07) is 0. The molecule has 3 nitrogen and oxygen atoms in total. The zero-order valence-electron chi connectivity index (χ0n) is 13.7. The first-order valence-electron chi connectivity index (χ1n) is 9.00. The lowest BCUT2D eigenvalue weighted by molar-refractivity contribution is -0.204. The summed E-state index contributed by atoms with van der Waals surface area (Å²) in [7, 11) is 0. The van der Waals surface area contributed by atoms with Gasteiger partial charge in [0.1, 0.15) is 12.1 Å². The highest BCUT2D eigenvalue weighted by atomic mass is 16.3. The highest BCUT2D eigenvalue weighted by Gasteiger charge is 2.76. The second kappa shape index (κ2) is 3.88. The van der Waals surface area contributed by atoms with Crippen LogP contribution < -0.4 is 0 Å². The van der Waals surface area contributed by atoms with Crippen molar-refractivity contribution in [3.8, 4) is 0 Å². The van der Waals surface area contributed by atoms with Gasteiger partial charge in [-0.15, -0.1) is 0 Å². The van der Waals surface area contributed by atoms with Crippen LogP contribution in [-0.2, 0) is 9.59 Å². The zero-order valence-corrected chi connectivity index (χ0v) is 13.7. The fraction of sp³-hybridized carbons (Fsp3) is 0.700. The Balaban J connectivity index is 1.78. The average Bonchev–Trinajstić information content (AvgIpc) is 2.56. The summed E-state index contributed by atoms with van der Waals surface area (Å²) in [4.78, 5) is 25.6. The number of rotatable bonds is 1. The Morgan fingerprint density at radius 2 is 2.00 bits per heavy atom. The van der Waals surface area contributed by atoms with E-state index in [-0.39, 0.29) is 29.0 Å². The monoisotopic (exact) mass is 312 g/mol. The number of aldehydes is 1. The molecule has 1 N–H and O–H groups in total. The van der Waals surface area contributed by atoms with Crippen LogP contribution in [0.1, 0.15) is 45.4 Å². The maximum Gasteiger partial charge on any atom is 0.147 e. The predicted octanol–water partition coefficient (Wildman–Crippen LogP) is 2.83. The van der Waals surface area contributed by atoms with E-state index in [4.69, 9.17) is 0 Å². The lowest BCUT2D eigenvalue weighted by atomic mass is 9.30. The zero-order chi connectivity index (χ0) is 16.2. The lowest BCUT2D eigenvalue weighted by Crippen LogP contribution is -2.73. The number of allylic oxidation sites excluding steroid dienone is 2. The van der Waals surface area contributed by atoms with Crippen molar-refractivity contribution < 1.29 is 14.7 Å². The molecule has 0 amide bonds. The van der Waals surface area contributed by atoms with Gasteiger partial charge >= 0.3 is 0 Å². The summed E-state index contributed by atoms with van der Waals surface area (Å²) in [6.07, 6.45) is 7.87. The summed E-state index contributed by atoms with van der Waals surface area (Å²) >= 11 is 0. The van der Waals surface area contributed by atoms with Crippen LogP contribution in [-0.4, -0.2) is 23.3 Å². The maximum absolute atomic E-state index is 13.6. The molecule has 5 bridgehead atoms. The molecule has 0 radical (unpaired) electrons. The molecule has 6 fully saturated rings. The molecule has 23 heavy (non-hydrogen) atoms. The van der Waals surface area contributed by atoms with Crippen molar-refractivity contribution in [3.05, 3.63) is 23.8 Å². The number of ketones is 1. The van der Waals surface area contributed by atoms with Gasteiger partial charge in [0.05, 0.1) is 11.5 Å². The molecule has 6 unspecified atom stereocenters.